The lowest BCUT2D eigenvalue weighted by Gasteiger charge is -2.35. The molecule has 0 N–H and O–H groups in total. The molecule has 0 atom stereocenters. The van der Waals surface area contributed by atoms with Crippen LogP contribution < -0.4 is 9.80 Å². The van der Waals surface area contributed by atoms with Crippen molar-refractivity contribution in [3.8, 4) is 0 Å². The Hall–Kier alpha value is -3.23. The number of pyridine rings is 1. The van der Waals surface area contributed by atoms with Crippen LogP contribution in [0.25, 0.3) is 0 Å². The van der Waals surface area contributed by atoms with Crippen molar-refractivity contribution in [2.45, 2.75) is 0 Å². The first-order valence-corrected chi connectivity index (χ1v) is 9.45. The van der Waals surface area contributed by atoms with Gasteiger partial charge in [0.2, 0.25) is 12.4 Å². The van der Waals surface area contributed by atoms with Crippen LogP contribution in [0.4, 0.5) is 11.6 Å². The summed E-state index contributed by atoms with van der Waals surface area (Å²) >= 11 is 0. The number of carbonyl (C=O) groups is 2. The molecular weight excluding hydrogens is 358 g/mol. The van der Waals surface area contributed by atoms with E-state index < -0.39 is 0 Å². The fraction of sp³-hybridized carbons (Fsp3) is 0.421. The van der Waals surface area contributed by atoms with Crippen molar-refractivity contribution >= 4 is 24.0 Å². The Balaban J connectivity index is 1.38. The maximum atomic E-state index is 12.9. The summed E-state index contributed by atoms with van der Waals surface area (Å²) in [6.45, 7) is 5.52. The average molecular weight is 381 g/mol. The van der Waals surface area contributed by atoms with E-state index in [4.69, 9.17) is 0 Å². The molecular formula is C19H23N7O2. The normalized spacial score (nSPS) is 17.6. The zero-order valence-electron chi connectivity index (χ0n) is 15.6. The Labute approximate surface area is 163 Å². The number of carbonyl (C=O) groups excluding carboxylic acids is 2. The van der Waals surface area contributed by atoms with Gasteiger partial charge in [0.15, 0.2) is 0 Å². The van der Waals surface area contributed by atoms with Gasteiger partial charge in [0.1, 0.15) is 0 Å². The molecule has 2 aromatic rings. The molecule has 146 valence electrons. The van der Waals surface area contributed by atoms with Gasteiger partial charge in [0, 0.05) is 70.9 Å². The van der Waals surface area contributed by atoms with Gasteiger partial charge in [-0.1, -0.05) is 0 Å². The highest BCUT2D eigenvalue weighted by atomic mass is 16.2. The van der Waals surface area contributed by atoms with Crippen molar-refractivity contribution in [1.82, 2.24) is 24.8 Å². The molecule has 0 unspecified atom stereocenters. The minimum Gasteiger partial charge on any atom is -0.367 e. The number of anilines is 2. The molecule has 0 bridgehead atoms. The first-order valence-electron chi connectivity index (χ1n) is 9.45. The molecule has 2 amide bonds. The van der Waals surface area contributed by atoms with Crippen molar-refractivity contribution in [3.63, 3.8) is 0 Å². The van der Waals surface area contributed by atoms with Crippen LogP contribution in [0.2, 0.25) is 0 Å². The highest BCUT2D eigenvalue weighted by Crippen LogP contribution is 2.19. The van der Waals surface area contributed by atoms with Crippen LogP contribution in [-0.4, -0.2) is 89.4 Å². The van der Waals surface area contributed by atoms with Crippen LogP contribution >= 0.6 is 0 Å². The summed E-state index contributed by atoms with van der Waals surface area (Å²) in [5.74, 6) is 0.697. The molecule has 9 heteroatoms. The molecule has 0 aromatic carbocycles. The summed E-state index contributed by atoms with van der Waals surface area (Å²) in [5.41, 5.74) is 1.52. The molecule has 0 saturated carbocycles. The van der Waals surface area contributed by atoms with E-state index in [2.05, 4.69) is 24.8 Å². The fourth-order valence-corrected chi connectivity index (χ4v) is 3.55. The van der Waals surface area contributed by atoms with Crippen LogP contribution in [0, 0.1) is 0 Å². The molecule has 0 radical (unpaired) electrons. The fourth-order valence-electron chi connectivity index (χ4n) is 3.55. The van der Waals surface area contributed by atoms with Crippen molar-refractivity contribution in [2.75, 3.05) is 62.2 Å². The smallest absolute Gasteiger partial charge is 0.255 e. The van der Waals surface area contributed by atoms with Crippen molar-refractivity contribution in [3.05, 3.63) is 42.5 Å². The molecule has 2 fully saturated rings. The lowest BCUT2D eigenvalue weighted by molar-refractivity contribution is -0.118. The van der Waals surface area contributed by atoms with Crippen molar-refractivity contribution in [2.24, 2.45) is 0 Å². The zero-order chi connectivity index (χ0) is 19.3. The molecule has 9 nitrogen and oxygen atoms in total. The topological polar surface area (TPSA) is 85.8 Å². The molecule has 2 aliphatic rings. The van der Waals surface area contributed by atoms with Crippen molar-refractivity contribution < 1.29 is 9.59 Å². The van der Waals surface area contributed by atoms with Gasteiger partial charge >= 0.3 is 0 Å². The molecule has 2 saturated heterocycles. The Morgan fingerprint density at radius 3 is 2.25 bits per heavy atom. The van der Waals surface area contributed by atoms with E-state index in [0.29, 0.717) is 50.8 Å². The van der Waals surface area contributed by atoms with E-state index in [9.17, 15) is 9.59 Å². The zero-order valence-corrected chi connectivity index (χ0v) is 15.6. The Kier molecular flexibility index (Phi) is 5.31. The van der Waals surface area contributed by atoms with E-state index in [1.54, 1.807) is 35.8 Å². The first kappa shape index (κ1) is 18.1. The minimum absolute atomic E-state index is 0.00509. The third kappa shape index (κ3) is 3.88. The van der Waals surface area contributed by atoms with Gasteiger partial charge in [-0.3, -0.25) is 14.6 Å². The third-order valence-corrected chi connectivity index (χ3v) is 5.20. The summed E-state index contributed by atoms with van der Waals surface area (Å²) in [7, 11) is 0. The van der Waals surface area contributed by atoms with Crippen molar-refractivity contribution in [1.29, 1.82) is 0 Å². The molecule has 0 spiro atoms. The number of hydrogen-bond donors (Lipinski definition) is 0. The highest BCUT2D eigenvalue weighted by Gasteiger charge is 2.24. The monoisotopic (exact) mass is 381 g/mol. The summed E-state index contributed by atoms with van der Waals surface area (Å²) in [6.07, 6.45) is 7.74. The predicted octanol–water partition coefficient (Wildman–Crippen LogP) is 0.112. The number of amides is 2. The van der Waals surface area contributed by atoms with Crippen LogP contribution in [0.1, 0.15) is 10.4 Å². The summed E-state index contributed by atoms with van der Waals surface area (Å²) in [6, 6.07) is 3.70. The largest absolute Gasteiger partial charge is 0.367 e. The maximum Gasteiger partial charge on any atom is 0.255 e. The Morgan fingerprint density at radius 1 is 0.893 bits per heavy atom. The summed E-state index contributed by atoms with van der Waals surface area (Å²) in [4.78, 5) is 44.5. The number of nitrogens with zero attached hydrogens (tertiary/aromatic N) is 7. The van der Waals surface area contributed by atoms with Crippen LogP contribution in [-0.2, 0) is 4.79 Å². The van der Waals surface area contributed by atoms with Crippen LogP contribution in [0.3, 0.4) is 0 Å². The summed E-state index contributed by atoms with van der Waals surface area (Å²) < 4.78 is 0. The second-order valence-corrected chi connectivity index (χ2v) is 6.89. The SMILES string of the molecule is O=CN1CCN(c2cncc(C(=O)N3CCN(c4ncccn4)CC3)c2)CC1. The second kappa shape index (κ2) is 8.20. The molecule has 2 aliphatic heterocycles. The average Bonchev–Trinajstić information content (AvgIpc) is 2.79. The predicted molar refractivity (Wildman–Crippen MR) is 104 cm³/mol. The lowest BCUT2D eigenvalue weighted by Crippen LogP contribution is -2.49. The van der Waals surface area contributed by atoms with Gasteiger partial charge in [-0.25, -0.2) is 9.97 Å². The standard InChI is InChI=1S/C19H23N7O2/c27-15-23-4-6-24(7-5-23)17-12-16(13-20-14-17)18(28)25-8-10-26(11-9-25)19-21-2-1-3-22-19/h1-3,12-15H,4-11H2. The Morgan fingerprint density at radius 2 is 1.57 bits per heavy atom. The van der Waals surface area contributed by atoms with Gasteiger partial charge in [-0.15, -0.1) is 0 Å². The van der Waals surface area contributed by atoms with Crippen LogP contribution in [0.15, 0.2) is 36.9 Å². The van der Waals surface area contributed by atoms with Gasteiger partial charge in [-0.2, -0.15) is 0 Å². The van der Waals surface area contributed by atoms with Gasteiger partial charge in [0.25, 0.3) is 5.91 Å². The van der Waals surface area contributed by atoms with E-state index >= 15 is 0 Å². The molecule has 4 heterocycles. The van der Waals surface area contributed by atoms with E-state index in [-0.39, 0.29) is 5.91 Å². The number of piperazine rings is 2. The maximum absolute atomic E-state index is 12.9. The highest BCUT2D eigenvalue weighted by molar-refractivity contribution is 5.95. The number of aromatic nitrogens is 3. The molecule has 28 heavy (non-hydrogen) atoms. The van der Waals surface area contributed by atoms with Gasteiger partial charge < -0.3 is 19.6 Å². The van der Waals surface area contributed by atoms with E-state index in [1.165, 1.54) is 0 Å². The summed E-state index contributed by atoms with van der Waals surface area (Å²) in [5, 5.41) is 0. The Bertz CT molecular complexity index is 816. The molecule has 4 rings (SSSR count). The number of hydrogen-bond acceptors (Lipinski definition) is 7. The third-order valence-electron chi connectivity index (χ3n) is 5.20. The minimum atomic E-state index is -0.00509. The van der Waals surface area contributed by atoms with Crippen LogP contribution in [0.5, 0.6) is 0 Å². The number of rotatable bonds is 4. The van der Waals surface area contributed by atoms with E-state index in [1.807, 2.05) is 11.0 Å². The molecule has 0 aliphatic carbocycles. The quantitative estimate of drug-likeness (QED) is 0.695. The van der Waals surface area contributed by atoms with E-state index in [0.717, 1.165) is 25.2 Å². The van der Waals surface area contributed by atoms with Gasteiger partial charge in [0.05, 0.1) is 17.4 Å². The van der Waals surface area contributed by atoms with Gasteiger partial charge in [-0.05, 0) is 12.1 Å². The molecule has 2 aromatic heterocycles. The first-order chi connectivity index (χ1) is 13.7. The second-order valence-electron chi connectivity index (χ2n) is 6.89. The lowest BCUT2D eigenvalue weighted by atomic mass is 10.2.